The van der Waals surface area contributed by atoms with Gasteiger partial charge in [-0.15, -0.1) is 0 Å². The Kier molecular flexibility index (Phi) is 2.43. The van der Waals surface area contributed by atoms with Gasteiger partial charge in [0.15, 0.2) is 0 Å². The fourth-order valence-corrected chi connectivity index (χ4v) is 2.81. The van der Waals surface area contributed by atoms with Crippen LogP contribution < -0.4 is 5.46 Å². The summed E-state index contributed by atoms with van der Waals surface area (Å²) in [6.45, 7) is 0. The van der Waals surface area contributed by atoms with Gasteiger partial charge in [0, 0.05) is 16.3 Å². The van der Waals surface area contributed by atoms with Gasteiger partial charge in [-0.05, 0) is 11.0 Å². The molecule has 3 aromatic carbocycles. The maximum absolute atomic E-state index is 6.17. The lowest BCUT2D eigenvalue weighted by molar-refractivity contribution is 0.672. The highest BCUT2D eigenvalue weighted by Crippen LogP contribution is 2.34. The highest BCUT2D eigenvalue weighted by Gasteiger charge is 2.12. The number of para-hydroxylation sites is 2. The van der Waals surface area contributed by atoms with Crippen molar-refractivity contribution in [3.8, 4) is 11.1 Å². The molecular formula is C18H13BO. The molecule has 0 saturated carbocycles. The number of rotatable bonds is 1. The molecule has 94 valence electrons. The first-order valence-corrected chi connectivity index (χ1v) is 6.81. The molecule has 1 nitrogen and oxygen atoms in total. The van der Waals surface area contributed by atoms with Gasteiger partial charge in [-0.3, -0.25) is 0 Å². The number of benzene rings is 3. The Labute approximate surface area is 118 Å². The first kappa shape index (κ1) is 11.4. The van der Waals surface area contributed by atoms with E-state index in [0.29, 0.717) is 0 Å². The zero-order valence-corrected chi connectivity index (χ0v) is 11.3. The normalized spacial score (nSPS) is 11.2. The summed E-state index contributed by atoms with van der Waals surface area (Å²) in [7, 11) is 2.09. The van der Waals surface area contributed by atoms with Crippen molar-refractivity contribution in [2.45, 2.75) is 0 Å². The number of hydrogen-bond donors (Lipinski definition) is 0. The zero-order valence-electron chi connectivity index (χ0n) is 11.3. The van der Waals surface area contributed by atoms with Gasteiger partial charge in [0.2, 0.25) is 0 Å². The van der Waals surface area contributed by atoms with Gasteiger partial charge in [-0.1, -0.05) is 66.7 Å². The zero-order chi connectivity index (χ0) is 13.5. The van der Waals surface area contributed by atoms with Crippen LogP contribution in [-0.4, -0.2) is 7.85 Å². The van der Waals surface area contributed by atoms with Crippen LogP contribution in [0.25, 0.3) is 33.1 Å². The Bertz CT molecular complexity index is 907. The van der Waals surface area contributed by atoms with Crippen LogP contribution in [0.1, 0.15) is 0 Å². The summed E-state index contributed by atoms with van der Waals surface area (Å²) in [4.78, 5) is 0. The molecule has 1 aromatic heterocycles. The minimum atomic E-state index is 0.975. The van der Waals surface area contributed by atoms with Crippen LogP contribution in [0.5, 0.6) is 0 Å². The average Bonchev–Trinajstić information content (AvgIpc) is 2.88. The molecule has 4 rings (SSSR count). The van der Waals surface area contributed by atoms with Crippen LogP contribution in [0, 0.1) is 0 Å². The molecule has 0 aliphatic heterocycles. The third-order valence-corrected chi connectivity index (χ3v) is 3.81. The highest BCUT2D eigenvalue weighted by molar-refractivity contribution is 6.39. The second-order valence-electron chi connectivity index (χ2n) is 5.10. The average molecular weight is 256 g/mol. The van der Waals surface area contributed by atoms with Crippen LogP contribution in [0.2, 0.25) is 0 Å². The molecule has 0 bridgehead atoms. The molecule has 0 fully saturated rings. The first-order valence-electron chi connectivity index (χ1n) is 6.81. The molecule has 0 aliphatic carbocycles. The summed E-state index contributed by atoms with van der Waals surface area (Å²) in [6.07, 6.45) is 0. The Morgan fingerprint density at radius 2 is 1.35 bits per heavy atom. The van der Waals surface area contributed by atoms with E-state index in [1.807, 2.05) is 6.07 Å². The Hall–Kier alpha value is -2.48. The lowest BCUT2D eigenvalue weighted by Crippen LogP contribution is -2.00. The molecular weight excluding hydrogens is 243 g/mol. The van der Waals surface area contributed by atoms with Crippen LogP contribution in [0.3, 0.4) is 0 Å². The number of furan rings is 1. The van der Waals surface area contributed by atoms with Crippen molar-refractivity contribution in [3.05, 3.63) is 66.7 Å². The standard InChI is InChI=1S/C18H13BO/c19-16-11-5-10-15-14-9-4-8-13(17(14)20-18(15)16)12-6-2-1-3-7-12/h1-11H,19H2. The van der Waals surface area contributed by atoms with Crippen molar-refractivity contribution in [1.82, 2.24) is 0 Å². The maximum Gasteiger partial charge on any atom is 0.144 e. The maximum atomic E-state index is 6.17. The van der Waals surface area contributed by atoms with E-state index in [9.17, 15) is 0 Å². The molecule has 0 radical (unpaired) electrons. The van der Waals surface area contributed by atoms with Gasteiger partial charge in [0.25, 0.3) is 0 Å². The van der Waals surface area contributed by atoms with Crippen molar-refractivity contribution >= 4 is 35.2 Å². The second kappa shape index (κ2) is 4.27. The van der Waals surface area contributed by atoms with E-state index >= 15 is 0 Å². The van der Waals surface area contributed by atoms with Gasteiger partial charge >= 0.3 is 0 Å². The van der Waals surface area contributed by atoms with E-state index in [1.165, 1.54) is 21.8 Å². The number of fused-ring (bicyclic) bond motifs is 3. The van der Waals surface area contributed by atoms with Crippen molar-refractivity contribution < 1.29 is 4.42 Å². The summed E-state index contributed by atoms with van der Waals surface area (Å²) < 4.78 is 6.17. The molecule has 2 heteroatoms. The van der Waals surface area contributed by atoms with Crippen LogP contribution >= 0.6 is 0 Å². The van der Waals surface area contributed by atoms with E-state index in [-0.39, 0.29) is 0 Å². The number of hydrogen-bond acceptors (Lipinski definition) is 1. The molecule has 0 N–H and O–H groups in total. The fourth-order valence-electron chi connectivity index (χ4n) is 2.81. The van der Waals surface area contributed by atoms with E-state index in [2.05, 4.69) is 68.5 Å². The van der Waals surface area contributed by atoms with Crippen molar-refractivity contribution in [2.24, 2.45) is 0 Å². The fraction of sp³-hybridized carbons (Fsp3) is 0. The SMILES string of the molecule is Bc1cccc2c1oc1c(-c3ccccc3)cccc12. The van der Waals surface area contributed by atoms with E-state index in [4.69, 9.17) is 4.42 Å². The minimum absolute atomic E-state index is 0.975. The largest absolute Gasteiger partial charge is 0.456 e. The lowest BCUT2D eigenvalue weighted by Gasteiger charge is -2.01. The van der Waals surface area contributed by atoms with Gasteiger partial charge in [0.1, 0.15) is 19.0 Å². The lowest BCUT2D eigenvalue weighted by atomic mass is 9.94. The molecule has 0 unspecified atom stereocenters. The van der Waals surface area contributed by atoms with Crippen molar-refractivity contribution in [1.29, 1.82) is 0 Å². The summed E-state index contributed by atoms with van der Waals surface area (Å²) >= 11 is 0. The Morgan fingerprint density at radius 1 is 0.650 bits per heavy atom. The topological polar surface area (TPSA) is 13.1 Å². The Morgan fingerprint density at radius 3 is 2.15 bits per heavy atom. The van der Waals surface area contributed by atoms with E-state index < -0.39 is 0 Å². The quantitative estimate of drug-likeness (QED) is 0.475. The van der Waals surface area contributed by atoms with Crippen LogP contribution in [-0.2, 0) is 0 Å². The molecule has 0 amide bonds. The predicted octanol–water partition coefficient (Wildman–Crippen LogP) is 3.51. The minimum Gasteiger partial charge on any atom is -0.456 e. The van der Waals surface area contributed by atoms with Crippen molar-refractivity contribution in [2.75, 3.05) is 0 Å². The van der Waals surface area contributed by atoms with Gasteiger partial charge in [0.05, 0.1) is 0 Å². The summed E-state index contributed by atoms with van der Waals surface area (Å²) in [5.74, 6) is 0. The predicted molar refractivity (Wildman–Crippen MR) is 87.3 cm³/mol. The third-order valence-electron chi connectivity index (χ3n) is 3.81. The second-order valence-corrected chi connectivity index (χ2v) is 5.10. The molecule has 20 heavy (non-hydrogen) atoms. The molecule has 0 atom stereocenters. The summed E-state index contributed by atoms with van der Waals surface area (Å²) in [5.41, 5.74) is 5.49. The third kappa shape index (κ3) is 1.58. The van der Waals surface area contributed by atoms with Crippen LogP contribution in [0.15, 0.2) is 71.1 Å². The molecule has 0 spiro atoms. The smallest absolute Gasteiger partial charge is 0.144 e. The van der Waals surface area contributed by atoms with E-state index in [1.54, 1.807) is 0 Å². The summed E-state index contributed by atoms with van der Waals surface area (Å²) in [5, 5.41) is 2.38. The first-order chi connectivity index (χ1) is 9.84. The monoisotopic (exact) mass is 256 g/mol. The van der Waals surface area contributed by atoms with Crippen molar-refractivity contribution in [3.63, 3.8) is 0 Å². The molecule has 4 aromatic rings. The highest BCUT2D eigenvalue weighted by atomic mass is 16.3. The molecule has 1 heterocycles. The molecule has 0 aliphatic rings. The van der Waals surface area contributed by atoms with Gasteiger partial charge < -0.3 is 4.42 Å². The van der Waals surface area contributed by atoms with Crippen LogP contribution in [0.4, 0.5) is 0 Å². The van der Waals surface area contributed by atoms with Gasteiger partial charge in [-0.2, -0.15) is 0 Å². The van der Waals surface area contributed by atoms with E-state index in [0.717, 1.165) is 16.7 Å². The Balaban J connectivity index is 2.14. The summed E-state index contributed by atoms with van der Waals surface area (Å²) in [6, 6.07) is 23.0. The molecule has 0 saturated heterocycles. The van der Waals surface area contributed by atoms with Gasteiger partial charge in [-0.25, -0.2) is 0 Å².